The van der Waals surface area contributed by atoms with Crippen LogP contribution in [0.2, 0.25) is 0 Å². The van der Waals surface area contributed by atoms with Gasteiger partial charge in [0.05, 0.1) is 0 Å². The molecule has 0 N–H and O–H groups in total. The lowest BCUT2D eigenvalue weighted by Gasteiger charge is -2.12. The Kier molecular flexibility index (Phi) is 3.11. The zero-order valence-electron chi connectivity index (χ0n) is 6.24. The molecule has 0 saturated heterocycles. The Morgan fingerprint density at radius 1 is 0.667 bits per heavy atom. The first kappa shape index (κ1) is 10.2. The second-order valence-electron chi connectivity index (χ2n) is 3.25. The van der Waals surface area contributed by atoms with Crippen molar-refractivity contribution in [3.8, 4) is 0 Å². The maximum Gasteiger partial charge on any atom is 0.0382 e. The Balaban J connectivity index is 2.36. The number of allylic oxidation sites excluding steroid dienone is 2. The molecule has 4 heteroatoms. The smallest absolute Gasteiger partial charge is 0.0382 e. The van der Waals surface area contributed by atoms with Crippen LogP contribution in [-0.2, 0) is 0 Å². The minimum Gasteiger partial charge on any atom is -0.0841 e. The van der Waals surface area contributed by atoms with Crippen LogP contribution in [0.25, 0.3) is 0 Å². The van der Waals surface area contributed by atoms with Crippen molar-refractivity contribution in [1.82, 2.24) is 0 Å². The van der Waals surface area contributed by atoms with Gasteiger partial charge in [-0.25, -0.2) is 0 Å². The van der Waals surface area contributed by atoms with Crippen LogP contribution in [0, 0.1) is 0 Å². The van der Waals surface area contributed by atoms with E-state index in [4.69, 9.17) is 0 Å². The Morgan fingerprint density at radius 2 is 0.917 bits per heavy atom. The minimum atomic E-state index is 0.573. The topological polar surface area (TPSA) is 0 Å². The van der Waals surface area contributed by atoms with Crippen LogP contribution in [0.3, 0.4) is 0 Å². The van der Waals surface area contributed by atoms with Crippen molar-refractivity contribution in [3.63, 3.8) is 0 Å². The van der Waals surface area contributed by atoms with E-state index in [0.29, 0.717) is 19.3 Å². The van der Waals surface area contributed by atoms with E-state index < -0.39 is 0 Å². The van der Waals surface area contributed by atoms with Crippen molar-refractivity contribution in [1.29, 1.82) is 0 Å². The minimum absolute atomic E-state index is 0.573. The summed E-state index contributed by atoms with van der Waals surface area (Å²) >= 11 is 14.9. The van der Waals surface area contributed by atoms with E-state index in [0.717, 1.165) is 0 Å². The molecule has 0 nitrogen and oxygen atoms in total. The van der Waals surface area contributed by atoms with Gasteiger partial charge >= 0.3 is 0 Å². The predicted molar refractivity (Wildman–Crippen MR) is 67.1 cm³/mol. The average molecular weight is 424 g/mol. The van der Waals surface area contributed by atoms with Gasteiger partial charge in [0.15, 0.2) is 0 Å². The van der Waals surface area contributed by atoms with E-state index in [1.165, 1.54) is 12.8 Å². The molecule has 0 amide bonds. The number of rotatable bonds is 0. The molecule has 0 heterocycles. The molecule has 2 aliphatic rings. The molecule has 2 aliphatic carbocycles. The van der Waals surface area contributed by atoms with E-state index in [1.54, 1.807) is 11.1 Å². The number of alkyl halides is 4. The SMILES string of the molecule is Br[C@@H]1C[C@H](Br)C2=C1[C@@H](Br)C[C@H]2Br. The van der Waals surface area contributed by atoms with Gasteiger partial charge < -0.3 is 0 Å². The fraction of sp³-hybridized carbons (Fsp3) is 0.750. The predicted octanol–water partition coefficient (Wildman–Crippen LogP) is 4.14. The first-order valence-corrected chi connectivity index (χ1v) is 7.57. The molecule has 0 aromatic heterocycles. The summed E-state index contributed by atoms with van der Waals surface area (Å²) in [6, 6.07) is 0. The van der Waals surface area contributed by atoms with Crippen LogP contribution >= 0.6 is 63.7 Å². The molecule has 0 aromatic carbocycles. The molecular formula is C8H8Br4. The zero-order chi connectivity index (χ0) is 8.88. The fourth-order valence-electron chi connectivity index (χ4n) is 1.99. The second-order valence-corrected chi connectivity index (χ2v) is 7.67. The first-order valence-electron chi connectivity index (χ1n) is 3.91. The molecule has 0 spiro atoms. The van der Waals surface area contributed by atoms with Gasteiger partial charge in [0, 0.05) is 19.3 Å². The summed E-state index contributed by atoms with van der Waals surface area (Å²) in [4.78, 5) is 2.29. The van der Waals surface area contributed by atoms with Gasteiger partial charge in [-0.15, -0.1) is 0 Å². The Bertz CT molecular complexity index is 191. The van der Waals surface area contributed by atoms with E-state index in [-0.39, 0.29) is 0 Å². The maximum atomic E-state index is 3.71. The molecule has 0 unspecified atom stereocenters. The monoisotopic (exact) mass is 420 g/mol. The van der Waals surface area contributed by atoms with Crippen molar-refractivity contribution in [2.75, 3.05) is 0 Å². The van der Waals surface area contributed by atoms with Crippen LogP contribution in [0.15, 0.2) is 11.1 Å². The number of hydrogen-bond acceptors (Lipinski definition) is 0. The summed E-state index contributed by atoms with van der Waals surface area (Å²) < 4.78 is 0. The standard InChI is InChI=1S/C8H8Br4/c9-3-1-4(10)8-6(12)2-5(11)7(3)8/h3-6H,1-2H2/t3-,4+,5+,6-. The van der Waals surface area contributed by atoms with Gasteiger partial charge in [-0.3, -0.25) is 0 Å². The number of hydrogen-bond donors (Lipinski definition) is 0. The van der Waals surface area contributed by atoms with Crippen LogP contribution in [-0.4, -0.2) is 19.3 Å². The van der Waals surface area contributed by atoms with Crippen LogP contribution < -0.4 is 0 Å². The van der Waals surface area contributed by atoms with Crippen molar-refractivity contribution in [2.24, 2.45) is 0 Å². The lowest BCUT2D eigenvalue weighted by Crippen LogP contribution is -2.11. The summed E-state index contributed by atoms with van der Waals surface area (Å²) in [6.07, 6.45) is 2.38. The van der Waals surface area contributed by atoms with Crippen LogP contribution in [0.5, 0.6) is 0 Å². The molecule has 0 bridgehead atoms. The van der Waals surface area contributed by atoms with Crippen LogP contribution in [0.4, 0.5) is 0 Å². The zero-order valence-corrected chi connectivity index (χ0v) is 12.6. The largest absolute Gasteiger partial charge is 0.0841 e. The third kappa shape index (κ3) is 1.51. The van der Waals surface area contributed by atoms with E-state index in [9.17, 15) is 0 Å². The molecule has 4 atom stereocenters. The van der Waals surface area contributed by atoms with Gasteiger partial charge in [-0.05, 0) is 24.0 Å². The molecule has 12 heavy (non-hydrogen) atoms. The summed E-state index contributed by atoms with van der Waals surface area (Å²) in [6.45, 7) is 0. The van der Waals surface area contributed by atoms with Gasteiger partial charge in [0.1, 0.15) is 0 Å². The summed E-state index contributed by atoms with van der Waals surface area (Å²) in [7, 11) is 0. The lowest BCUT2D eigenvalue weighted by atomic mass is 10.1. The Hall–Kier alpha value is 1.66. The van der Waals surface area contributed by atoms with Gasteiger partial charge in [0.25, 0.3) is 0 Å². The molecule has 0 radical (unpaired) electrons. The summed E-state index contributed by atoms with van der Waals surface area (Å²) in [5, 5.41) is 0. The highest BCUT2D eigenvalue weighted by Gasteiger charge is 2.42. The quantitative estimate of drug-likeness (QED) is 0.406. The van der Waals surface area contributed by atoms with Crippen molar-refractivity contribution < 1.29 is 0 Å². The third-order valence-corrected chi connectivity index (χ3v) is 5.98. The van der Waals surface area contributed by atoms with Crippen molar-refractivity contribution in [2.45, 2.75) is 32.2 Å². The Labute approximate surface area is 106 Å². The third-order valence-electron chi connectivity index (χ3n) is 2.51. The average Bonchev–Trinajstić information content (AvgIpc) is 2.38. The Morgan fingerprint density at radius 3 is 1.17 bits per heavy atom. The molecule has 2 rings (SSSR count). The van der Waals surface area contributed by atoms with E-state index in [2.05, 4.69) is 63.7 Å². The van der Waals surface area contributed by atoms with Gasteiger partial charge in [-0.1, -0.05) is 63.7 Å². The van der Waals surface area contributed by atoms with Crippen LogP contribution in [0.1, 0.15) is 12.8 Å². The highest BCUT2D eigenvalue weighted by molar-refractivity contribution is 9.11. The van der Waals surface area contributed by atoms with E-state index in [1.807, 2.05) is 0 Å². The highest BCUT2D eigenvalue weighted by atomic mass is 79.9. The molecule has 0 fully saturated rings. The molecular weight excluding hydrogens is 416 g/mol. The maximum absolute atomic E-state index is 3.71. The van der Waals surface area contributed by atoms with Gasteiger partial charge in [-0.2, -0.15) is 0 Å². The molecule has 0 saturated carbocycles. The normalized spacial score (nSPS) is 47.0. The summed E-state index contributed by atoms with van der Waals surface area (Å²) in [5.74, 6) is 0. The molecule has 0 aliphatic heterocycles. The van der Waals surface area contributed by atoms with Crippen molar-refractivity contribution >= 4 is 63.7 Å². The lowest BCUT2D eigenvalue weighted by molar-refractivity contribution is 0.827. The fourth-order valence-corrected chi connectivity index (χ4v) is 7.53. The highest BCUT2D eigenvalue weighted by Crippen LogP contribution is 2.50. The molecule has 68 valence electrons. The van der Waals surface area contributed by atoms with E-state index >= 15 is 0 Å². The first-order chi connectivity index (χ1) is 5.61. The van der Waals surface area contributed by atoms with Gasteiger partial charge in [0.2, 0.25) is 0 Å². The van der Waals surface area contributed by atoms with Crippen molar-refractivity contribution in [3.05, 3.63) is 11.1 Å². The number of halogens is 4. The second kappa shape index (κ2) is 3.67. The molecule has 0 aromatic rings. The summed E-state index contributed by atoms with van der Waals surface area (Å²) in [5.41, 5.74) is 3.14.